The van der Waals surface area contributed by atoms with Crippen molar-refractivity contribution in [2.75, 3.05) is 19.0 Å². The normalized spacial score (nSPS) is 11.0. The highest BCUT2D eigenvalue weighted by atomic mass is 16.6. The van der Waals surface area contributed by atoms with Crippen LogP contribution in [0, 0.1) is 6.92 Å². The van der Waals surface area contributed by atoms with E-state index in [1.54, 1.807) is 32.9 Å². The van der Waals surface area contributed by atoms with Gasteiger partial charge in [-0.05, 0) is 56.5 Å². The minimum absolute atomic E-state index is 0.0398. The molecular weight excluding hydrogens is 340 g/mol. The number of carbonyl (C=O) groups excluding carboxylic acids is 2. The van der Waals surface area contributed by atoms with Gasteiger partial charge in [0.15, 0.2) is 0 Å². The van der Waals surface area contributed by atoms with E-state index >= 15 is 0 Å². The molecule has 0 aliphatic carbocycles. The van der Waals surface area contributed by atoms with E-state index in [-0.39, 0.29) is 19.5 Å². The Balaban J connectivity index is 3.07. The van der Waals surface area contributed by atoms with E-state index in [9.17, 15) is 14.4 Å². The summed E-state index contributed by atoms with van der Waals surface area (Å²) in [4.78, 5) is 34.3. The number of ether oxygens (including phenoxy) is 2. The van der Waals surface area contributed by atoms with E-state index in [1.165, 1.54) is 7.11 Å². The van der Waals surface area contributed by atoms with Crippen LogP contribution in [-0.2, 0) is 32.0 Å². The molecule has 1 aromatic carbocycles. The van der Waals surface area contributed by atoms with E-state index < -0.39 is 23.6 Å². The molecule has 1 rings (SSSR count). The minimum Gasteiger partial charge on any atom is -0.480 e. The summed E-state index contributed by atoms with van der Waals surface area (Å²) < 4.78 is 9.94. The topological polar surface area (TPSA) is 114 Å². The molecule has 1 aromatic rings. The highest BCUT2D eigenvalue weighted by Crippen LogP contribution is 2.22. The predicted molar refractivity (Wildman–Crippen MR) is 96.1 cm³/mol. The van der Waals surface area contributed by atoms with E-state index in [2.05, 4.69) is 10.6 Å². The van der Waals surface area contributed by atoms with Gasteiger partial charge in [0.2, 0.25) is 0 Å². The van der Waals surface area contributed by atoms with Crippen LogP contribution in [0.4, 0.5) is 10.5 Å². The fraction of sp³-hybridized carbons (Fsp3) is 0.500. The number of nitrogens with one attached hydrogen (secondary N) is 2. The van der Waals surface area contributed by atoms with Gasteiger partial charge >= 0.3 is 18.0 Å². The van der Waals surface area contributed by atoms with Crippen molar-refractivity contribution in [3.63, 3.8) is 0 Å². The maximum absolute atomic E-state index is 12.0. The molecule has 0 saturated heterocycles. The maximum atomic E-state index is 12.0. The van der Waals surface area contributed by atoms with Crippen LogP contribution >= 0.6 is 0 Å². The first-order valence-corrected chi connectivity index (χ1v) is 8.13. The van der Waals surface area contributed by atoms with Crippen LogP contribution in [0.3, 0.4) is 0 Å². The summed E-state index contributed by atoms with van der Waals surface area (Å²) in [5, 5.41) is 14.2. The lowest BCUT2D eigenvalue weighted by Gasteiger charge is -2.20. The van der Waals surface area contributed by atoms with E-state index in [0.717, 1.165) is 11.1 Å². The quantitative estimate of drug-likeness (QED) is 0.634. The summed E-state index contributed by atoms with van der Waals surface area (Å²) >= 11 is 0. The smallest absolute Gasteiger partial charge is 0.412 e. The van der Waals surface area contributed by atoms with E-state index in [1.807, 2.05) is 6.92 Å². The SMILES string of the molecule is COC(=O)Cc1cc(NC(=O)OC(C)(C)C)cc(CNCC(=O)O)c1C. The molecular formula is C18H26N2O6. The summed E-state index contributed by atoms with van der Waals surface area (Å²) in [7, 11) is 1.30. The van der Waals surface area contributed by atoms with Gasteiger partial charge in [0.05, 0.1) is 20.1 Å². The Morgan fingerprint density at radius 3 is 2.31 bits per heavy atom. The molecule has 0 heterocycles. The second kappa shape index (κ2) is 9.19. The number of carbonyl (C=O) groups is 3. The highest BCUT2D eigenvalue weighted by molar-refractivity contribution is 5.85. The number of esters is 1. The van der Waals surface area contributed by atoms with Gasteiger partial charge in [-0.25, -0.2) is 4.79 Å². The molecule has 0 radical (unpaired) electrons. The molecule has 0 bridgehead atoms. The third-order valence-electron chi connectivity index (χ3n) is 3.42. The predicted octanol–water partition coefficient (Wildman–Crippen LogP) is 2.23. The fourth-order valence-electron chi connectivity index (χ4n) is 2.23. The Morgan fingerprint density at radius 1 is 1.15 bits per heavy atom. The molecule has 26 heavy (non-hydrogen) atoms. The zero-order chi connectivity index (χ0) is 19.9. The van der Waals surface area contributed by atoms with Crippen molar-refractivity contribution in [2.24, 2.45) is 0 Å². The van der Waals surface area contributed by atoms with Crippen LogP contribution in [0.1, 0.15) is 37.5 Å². The van der Waals surface area contributed by atoms with Crippen LogP contribution in [0.2, 0.25) is 0 Å². The summed E-state index contributed by atoms with van der Waals surface area (Å²) in [5.74, 6) is -1.38. The Kier molecular flexibility index (Phi) is 7.57. The Hall–Kier alpha value is -2.61. The van der Waals surface area contributed by atoms with Crippen molar-refractivity contribution in [1.82, 2.24) is 5.32 Å². The molecule has 0 saturated carbocycles. The van der Waals surface area contributed by atoms with Gasteiger partial charge in [0.25, 0.3) is 0 Å². The second-order valence-corrected chi connectivity index (χ2v) is 6.80. The van der Waals surface area contributed by atoms with Crippen LogP contribution in [0.15, 0.2) is 12.1 Å². The molecule has 3 N–H and O–H groups in total. The Labute approximate surface area is 152 Å². The average molecular weight is 366 g/mol. The van der Waals surface area contributed by atoms with E-state index in [0.29, 0.717) is 11.3 Å². The number of methoxy groups -OCH3 is 1. The van der Waals surface area contributed by atoms with Crippen LogP contribution in [-0.4, -0.2) is 42.4 Å². The largest absolute Gasteiger partial charge is 0.480 e. The number of rotatable bonds is 7. The van der Waals surface area contributed by atoms with Crippen molar-refractivity contribution in [2.45, 2.75) is 46.3 Å². The van der Waals surface area contributed by atoms with Gasteiger partial charge in [0, 0.05) is 12.2 Å². The molecule has 0 unspecified atom stereocenters. The molecule has 8 heteroatoms. The summed E-state index contributed by atoms with van der Waals surface area (Å²) in [6.45, 7) is 7.17. The number of aliphatic carboxylic acids is 1. The standard InChI is InChI=1S/C18H26N2O6/c1-11-12(8-16(23)25-5)6-14(20-17(24)26-18(2,3)4)7-13(11)9-19-10-15(21)22/h6-7,19H,8-10H2,1-5H3,(H,20,24)(H,21,22). The minimum atomic E-state index is -0.972. The van der Waals surface area contributed by atoms with Gasteiger partial charge in [-0.1, -0.05) is 0 Å². The number of hydrogen-bond acceptors (Lipinski definition) is 6. The lowest BCUT2D eigenvalue weighted by molar-refractivity contribution is -0.140. The van der Waals surface area contributed by atoms with Gasteiger partial charge in [-0.2, -0.15) is 0 Å². The average Bonchev–Trinajstić information content (AvgIpc) is 2.49. The second-order valence-electron chi connectivity index (χ2n) is 6.80. The lowest BCUT2D eigenvalue weighted by Crippen LogP contribution is -2.27. The van der Waals surface area contributed by atoms with Gasteiger partial charge < -0.3 is 19.9 Å². The van der Waals surface area contributed by atoms with Crippen molar-refractivity contribution in [3.8, 4) is 0 Å². The molecule has 0 aliphatic rings. The number of anilines is 1. The van der Waals surface area contributed by atoms with E-state index in [4.69, 9.17) is 14.6 Å². The number of hydrogen-bond donors (Lipinski definition) is 3. The van der Waals surface area contributed by atoms with Crippen LogP contribution in [0.5, 0.6) is 0 Å². The fourth-order valence-corrected chi connectivity index (χ4v) is 2.23. The molecule has 0 aliphatic heterocycles. The summed E-state index contributed by atoms with van der Waals surface area (Å²) in [6, 6.07) is 3.39. The lowest BCUT2D eigenvalue weighted by atomic mass is 9.98. The molecule has 144 valence electrons. The number of carboxylic acid groups (broad SMARTS) is 1. The summed E-state index contributed by atoms with van der Waals surface area (Å²) in [5.41, 5.74) is 2.07. The number of benzene rings is 1. The first-order valence-electron chi connectivity index (χ1n) is 8.13. The first-order chi connectivity index (χ1) is 12.0. The molecule has 8 nitrogen and oxygen atoms in total. The maximum Gasteiger partial charge on any atom is 0.412 e. The molecule has 0 spiro atoms. The summed E-state index contributed by atoms with van der Waals surface area (Å²) in [6.07, 6.45) is -0.576. The molecule has 0 atom stereocenters. The third-order valence-corrected chi connectivity index (χ3v) is 3.42. The van der Waals surface area contributed by atoms with Crippen LogP contribution in [0.25, 0.3) is 0 Å². The van der Waals surface area contributed by atoms with Crippen molar-refractivity contribution < 1.29 is 29.0 Å². The monoisotopic (exact) mass is 366 g/mol. The Bertz CT molecular complexity index is 679. The molecule has 0 aromatic heterocycles. The molecule has 1 amide bonds. The van der Waals surface area contributed by atoms with Gasteiger partial charge in [-0.3, -0.25) is 14.9 Å². The number of amides is 1. The Morgan fingerprint density at radius 2 is 1.77 bits per heavy atom. The van der Waals surface area contributed by atoms with Crippen molar-refractivity contribution in [3.05, 3.63) is 28.8 Å². The van der Waals surface area contributed by atoms with Gasteiger partial charge in [-0.15, -0.1) is 0 Å². The van der Waals surface area contributed by atoms with Crippen LogP contribution < -0.4 is 10.6 Å². The van der Waals surface area contributed by atoms with Crippen molar-refractivity contribution in [1.29, 1.82) is 0 Å². The zero-order valence-electron chi connectivity index (χ0n) is 15.8. The zero-order valence-corrected chi connectivity index (χ0v) is 15.8. The first kappa shape index (κ1) is 21.4. The highest BCUT2D eigenvalue weighted by Gasteiger charge is 2.18. The van der Waals surface area contributed by atoms with Gasteiger partial charge in [0.1, 0.15) is 5.60 Å². The van der Waals surface area contributed by atoms with Crippen molar-refractivity contribution >= 4 is 23.7 Å². The third kappa shape index (κ3) is 7.52. The molecule has 0 fully saturated rings. The number of carboxylic acids is 1.